The molecule has 2 rings (SSSR count). The van der Waals surface area contributed by atoms with Gasteiger partial charge in [-0.3, -0.25) is 0 Å². The van der Waals surface area contributed by atoms with Crippen LogP contribution >= 0.6 is 27.5 Å². The third-order valence-corrected chi connectivity index (χ3v) is 4.07. The van der Waals surface area contributed by atoms with Crippen molar-refractivity contribution in [2.24, 2.45) is 0 Å². The molecule has 1 aliphatic carbocycles. The van der Waals surface area contributed by atoms with Crippen LogP contribution in [0.4, 0.5) is 5.82 Å². The Morgan fingerprint density at radius 3 is 2.76 bits per heavy atom. The number of alkyl halides is 1. The van der Waals surface area contributed by atoms with Gasteiger partial charge >= 0.3 is 0 Å². The van der Waals surface area contributed by atoms with E-state index in [-0.39, 0.29) is 0 Å². The van der Waals surface area contributed by atoms with Crippen LogP contribution in [0.2, 0.25) is 0 Å². The van der Waals surface area contributed by atoms with Crippen molar-refractivity contribution >= 4 is 33.3 Å². The molecule has 0 aliphatic heterocycles. The van der Waals surface area contributed by atoms with Gasteiger partial charge in [-0.2, -0.15) is 0 Å². The van der Waals surface area contributed by atoms with Gasteiger partial charge in [0.15, 0.2) is 0 Å². The fraction of sp³-hybridized carbons (Fsp3) is 0.615. The first-order chi connectivity index (χ1) is 8.22. The molecule has 0 aromatic carbocycles. The molecule has 0 unspecified atom stereocenters. The van der Waals surface area contributed by atoms with Crippen molar-refractivity contribution in [3.8, 4) is 0 Å². The number of aryl methyl sites for hydroxylation is 1. The fourth-order valence-electron chi connectivity index (χ4n) is 2.51. The molecule has 0 atom stereocenters. The maximum absolute atomic E-state index is 5.92. The molecule has 0 amide bonds. The van der Waals surface area contributed by atoms with E-state index in [1.165, 1.54) is 31.2 Å². The Bertz CT molecular complexity index is 378. The van der Waals surface area contributed by atoms with Gasteiger partial charge in [0, 0.05) is 24.7 Å². The summed E-state index contributed by atoms with van der Waals surface area (Å²) < 4.78 is 1.08. The molecule has 1 aromatic heterocycles. The van der Waals surface area contributed by atoms with Crippen LogP contribution < -0.4 is 4.90 Å². The second-order valence-corrected chi connectivity index (χ2v) is 5.87. The summed E-state index contributed by atoms with van der Waals surface area (Å²) >= 11 is 9.54. The van der Waals surface area contributed by atoms with Crippen LogP contribution in [0.5, 0.6) is 0 Å². The van der Waals surface area contributed by atoms with Crippen molar-refractivity contribution in [2.45, 2.75) is 38.6 Å². The Morgan fingerprint density at radius 2 is 2.18 bits per heavy atom. The number of hydrogen-bond donors (Lipinski definition) is 0. The van der Waals surface area contributed by atoms with Crippen molar-refractivity contribution in [1.82, 2.24) is 4.98 Å². The Labute approximate surface area is 116 Å². The number of anilines is 1. The molecule has 2 nitrogen and oxygen atoms in total. The van der Waals surface area contributed by atoms with E-state index in [0.717, 1.165) is 16.8 Å². The summed E-state index contributed by atoms with van der Waals surface area (Å²) in [7, 11) is 0. The summed E-state index contributed by atoms with van der Waals surface area (Å²) in [6.45, 7) is 2.93. The number of rotatable bonds is 4. The normalized spacial score (nSPS) is 16.4. The third kappa shape index (κ3) is 3.14. The SMILES string of the molecule is Cc1cnc(N(CCCl)C2CCCC2)c(Br)c1. The predicted octanol–water partition coefficient (Wildman–Crippen LogP) is 4.14. The van der Waals surface area contributed by atoms with Crippen molar-refractivity contribution in [2.75, 3.05) is 17.3 Å². The highest BCUT2D eigenvalue weighted by Crippen LogP contribution is 2.31. The van der Waals surface area contributed by atoms with Gasteiger partial charge < -0.3 is 4.90 Å². The van der Waals surface area contributed by atoms with Crippen LogP contribution in [0.15, 0.2) is 16.7 Å². The van der Waals surface area contributed by atoms with Crippen LogP contribution in [0.1, 0.15) is 31.2 Å². The number of halogens is 2. The van der Waals surface area contributed by atoms with Crippen LogP contribution in [0.25, 0.3) is 0 Å². The van der Waals surface area contributed by atoms with E-state index in [1.807, 2.05) is 6.20 Å². The van der Waals surface area contributed by atoms with Crippen molar-refractivity contribution in [3.63, 3.8) is 0 Å². The molecule has 17 heavy (non-hydrogen) atoms. The lowest BCUT2D eigenvalue weighted by Gasteiger charge is -2.30. The first-order valence-corrected chi connectivity index (χ1v) is 7.50. The van der Waals surface area contributed by atoms with Gasteiger partial charge in [0.2, 0.25) is 0 Å². The monoisotopic (exact) mass is 316 g/mol. The smallest absolute Gasteiger partial charge is 0.143 e. The second kappa shape index (κ2) is 6.05. The Kier molecular flexibility index (Phi) is 4.69. The minimum absolute atomic E-state index is 0.611. The average molecular weight is 318 g/mol. The number of hydrogen-bond acceptors (Lipinski definition) is 2. The number of nitrogens with zero attached hydrogens (tertiary/aromatic N) is 2. The van der Waals surface area contributed by atoms with Gasteiger partial charge in [-0.15, -0.1) is 11.6 Å². The molecule has 0 bridgehead atoms. The Hall–Kier alpha value is -0.280. The highest BCUT2D eigenvalue weighted by Gasteiger charge is 2.24. The average Bonchev–Trinajstić information content (AvgIpc) is 2.80. The minimum Gasteiger partial charge on any atom is -0.352 e. The Morgan fingerprint density at radius 1 is 1.47 bits per heavy atom. The van der Waals surface area contributed by atoms with Crippen LogP contribution in [-0.2, 0) is 0 Å². The summed E-state index contributed by atoms with van der Waals surface area (Å²) in [5.74, 6) is 1.70. The maximum Gasteiger partial charge on any atom is 0.143 e. The minimum atomic E-state index is 0.611. The van der Waals surface area contributed by atoms with E-state index >= 15 is 0 Å². The largest absolute Gasteiger partial charge is 0.352 e. The summed E-state index contributed by atoms with van der Waals surface area (Å²) in [6, 6.07) is 2.73. The molecule has 0 saturated heterocycles. The molecule has 1 saturated carbocycles. The molecule has 1 aliphatic rings. The molecular formula is C13H18BrClN2. The van der Waals surface area contributed by atoms with E-state index in [9.17, 15) is 0 Å². The van der Waals surface area contributed by atoms with E-state index in [4.69, 9.17) is 11.6 Å². The van der Waals surface area contributed by atoms with Gasteiger partial charge in [0.1, 0.15) is 5.82 Å². The van der Waals surface area contributed by atoms with Crippen LogP contribution in [-0.4, -0.2) is 23.5 Å². The van der Waals surface area contributed by atoms with Crippen molar-refractivity contribution < 1.29 is 0 Å². The number of pyridine rings is 1. The second-order valence-electron chi connectivity index (χ2n) is 4.64. The lowest BCUT2D eigenvalue weighted by atomic mass is 10.2. The molecule has 4 heteroatoms. The van der Waals surface area contributed by atoms with Crippen LogP contribution in [0.3, 0.4) is 0 Å². The standard InChI is InChI=1S/C13H18BrClN2/c1-10-8-12(14)13(16-9-10)17(7-6-15)11-4-2-3-5-11/h8-9,11H,2-7H2,1H3. The first kappa shape index (κ1) is 13.2. The molecule has 0 spiro atoms. The molecule has 1 aromatic rings. The lowest BCUT2D eigenvalue weighted by molar-refractivity contribution is 0.613. The van der Waals surface area contributed by atoms with Crippen LogP contribution in [0, 0.1) is 6.92 Å². The van der Waals surface area contributed by atoms with Gasteiger partial charge in [0.25, 0.3) is 0 Å². The summed E-state index contributed by atoms with van der Waals surface area (Å²) in [5.41, 5.74) is 1.18. The molecule has 94 valence electrons. The van der Waals surface area contributed by atoms with Crippen molar-refractivity contribution in [1.29, 1.82) is 0 Å². The number of aromatic nitrogens is 1. The van der Waals surface area contributed by atoms with E-state index < -0.39 is 0 Å². The molecule has 0 N–H and O–H groups in total. The van der Waals surface area contributed by atoms with E-state index in [2.05, 4.69) is 38.8 Å². The predicted molar refractivity (Wildman–Crippen MR) is 77.0 cm³/mol. The maximum atomic E-state index is 5.92. The molecular weight excluding hydrogens is 300 g/mol. The molecule has 1 heterocycles. The zero-order valence-corrected chi connectivity index (χ0v) is 12.5. The Balaban J connectivity index is 2.24. The quantitative estimate of drug-likeness (QED) is 0.776. The van der Waals surface area contributed by atoms with Gasteiger partial charge in [-0.1, -0.05) is 12.8 Å². The van der Waals surface area contributed by atoms with Gasteiger partial charge in [-0.25, -0.2) is 4.98 Å². The summed E-state index contributed by atoms with van der Waals surface area (Å²) in [6.07, 6.45) is 7.11. The zero-order chi connectivity index (χ0) is 12.3. The third-order valence-electron chi connectivity index (χ3n) is 3.32. The van der Waals surface area contributed by atoms with Gasteiger partial charge in [-0.05, 0) is 47.3 Å². The summed E-state index contributed by atoms with van der Waals surface area (Å²) in [4.78, 5) is 6.93. The van der Waals surface area contributed by atoms with E-state index in [0.29, 0.717) is 11.9 Å². The highest BCUT2D eigenvalue weighted by molar-refractivity contribution is 9.10. The highest BCUT2D eigenvalue weighted by atomic mass is 79.9. The lowest BCUT2D eigenvalue weighted by Crippen LogP contribution is -2.35. The zero-order valence-electron chi connectivity index (χ0n) is 10.1. The summed E-state index contributed by atoms with van der Waals surface area (Å²) in [5, 5.41) is 0. The molecule has 1 fully saturated rings. The van der Waals surface area contributed by atoms with E-state index in [1.54, 1.807) is 0 Å². The fourth-order valence-corrected chi connectivity index (χ4v) is 3.38. The van der Waals surface area contributed by atoms with Crippen molar-refractivity contribution in [3.05, 3.63) is 22.3 Å². The topological polar surface area (TPSA) is 16.1 Å². The first-order valence-electron chi connectivity index (χ1n) is 6.17. The molecule has 0 radical (unpaired) electrons. The van der Waals surface area contributed by atoms with Gasteiger partial charge in [0.05, 0.1) is 4.47 Å².